The van der Waals surface area contributed by atoms with Crippen molar-refractivity contribution in [3.8, 4) is 0 Å². The summed E-state index contributed by atoms with van der Waals surface area (Å²) in [5, 5.41) is 8.27. The third kappa shape index (κ3) is 5.89. The predicted molar refractivity (Wildman–Crippen MR) is 128 cm³/mol. The molecule has 0 saturated heterocycles. The van der Waals surface area contributed by atoms with Crippen LogP contribution in [0.25, 0.3) is 0 Å². The van der Waals surface area contributed by atoms with Crippen molar-refractivity contribution in [1.29, 1.82) is 0 Å². The van der Waals surface area contributed by atoms with E-state index in [0.717, 1.165) is 30.4 Å². The molecule has 0 atom stereocenters. The van der Waals surface area contributed by atoms with Crippen LogP contribution >= 0.6 is 24.0 Å². The standard InChI is InChI=1S/C22H25N7S2/c1-22(2,3)28-20(30)27-19-25-17(13-18(26-19)31-21-23-10-6-11-24-21)29-12-9-15-7-4-5-8-16(15)14-29/h4-8,10-11,13H,9,12,14H2,1-3H3,(H2,25,26,27,28,30). The largest absolute Gasteiger partial charge is 0.358 e. The molecule has 0 aliphatic carbocycles. The molecule has 0 spiro atoms. The number of hydrogen-bond donors (Lipinski definition) is 2. The van der Waals surface area contributed by atoms with Crippen LogP contribution in [0, 0.1) is 0 Å². The Morgan fingerprint density at radius 3 is 2.55 bits per heavy atom. The highest BCUT2D eigenvalue weighted by molar-refractivity contribution is 7.99. The fourth-order valence-electron chi connectivity index (χ4n) is 3.28. The van der Waals surface area contributed by atoms with E-state index in [1.54, 1.807) is 18.5 Å². The molecule has 3 aromatic rings. The molecule has 0 amide bonds. The van der Waals surface area contributed by atoms with Gasteiger partial charge in [0.05, 0.1) is 0 Å². The van der Waals surface area contributed by atoms with E-state index < -0.39 is 0 Å². The quantitative estimate of drug-likeness (QED) is 0.347. The molecule has 9 heteroatoms. The van der Waals surface area contributed by atoms with E-state index in [1.807, 2.05) is 6.07 Å². The van der Waals surface area contributed by atoms with Crippen molar-refractivity contribution in [2.75, 3.05) is 16.8 Å². The van der Waals surface area contributed by atoms with Gasteiger partial charge in [-0.05, 0) is 68.4 Å². The van der Waals surface area contributed by atoms with E-state index >= 15 is 0 Å². The fourth-order valence-corrected chi connectivity index (χ4v) is 4.39. The Morgan fingerprint density at radius 2 is 1.81 bits per heavy atom. The maximum atomic E-state index is 5.46. The van der Waals surface area contributed by atoms with Gasteiger partial charge in [-0.1, -0.05) is 24.3 Å². The lowest BCUT2D eigenvalue weighted by Crippen LogP contribution is -2.43. The van der Waals surface area contributed by atoms with Gasteiger partial charge in [-0.2, -0.15) is 4.98 Å². The first-order chi connectivity index (χ1) is 14.9. The number of rotatable bonds is 4. The monoisotopic (exact) mass is 451 g/mol. The molecule has 0 saturated carbocycles. The fraction of sp³-hybridized carbons (Fsp3) is 0.318. The van der Waals surface area contributed by atoms with Crippen LogP contribution in [0.4, 0.5) is 11.8 Å². The van der Waals surface area contributed by atoms with Gasteiger partial charge in [0.1, 0.15) is 10.8 Å². The molecular weight excluding hydrogens is 426 g/mol. The lowest BCUT2D eigenvalue weighted by atomic mass is 10.00. The molecule has 31 heavy (non-hydrogen) atoms. The summed E-state index contributed by atoms with van der Waals surface area (Å²) in [5.74, 6) is 1.31. The van der Waals surface area contributed by atoms with Crippen LogP contribution in [0.3, 0.4) is 0 Å². The van der Waals surface area contributed by atoms with Crippen LogP contribution in [0.15, 0.2) is 59.0 Å². The van der Waals surface area contributed by atoms with E-state index in [0.29, 0.717) is 16.2 Å². The number of nitrogens with one attached hydrogen (secondary N) is 2. The second kappa shape index (κ2) is 9.15. The molecule has 7 nitrogen and oxygen atoms in total. The van der Waals surface area contributed by atoms with E-state index in [2.05, 4.69) is 75.5 Å². The summed E-state index contributed by atoms with van der Waals surface area (Å²) in [6, 6.07) is 12.3. The Morgan fingerprint density at radius 1 is 1.06 bits per heavy atom. The highest BCUT2D eigenvalue weighted by Gasteiger charge is 2.20. The maximum absolute atomic E-state index is 5.46. The number of nitrogens with zero attached hydrogens (tertiary/aromatic N) is 5. The third-order valence-electron chi connectivity index (χ3n) is 4.60. The molecule has 2 aromatic heterocycles. The Balaban J connectivity index is 1.62. The van der Waals surface area contributed by atoms with Crippen molar-refractivity contribution in [2.45, 2.75) is 49.5 Å². The maximum Gasteiger partial charge on any atom is 0.232 e. The van der Waals surface area contributed by atoms with Gasteiger partial charge in [0.15, 0.2) is 10.3 Å². The van der Waals surface area contributed by atoms with E-state index in [1.165, 1.54) is 22.9 Å². The summed E-state index contributed by atoms with van der Waals surface area (Å²) in [4.78, 5) is 20.3. The van der Waals surface area contributed by atoms with E-state index in [-0.39, 0.29) is 5.54 Å². The van der Waals surface area contributed by atoms with Crippen molar-refractivity contribution in [3.63, 3.8) is 0 Å². The summed E-state index contributed by atoms with van der Waals surface area (Å²) in [5.41, 5.74) is 2.56. The van der Waals surface area contributed by atoms with Crippen molar-refractivity contribution in [1.82, 2.24) is 25.3 Å². The number of thiocarbonyl (C=S) groups is 1. The van der Waals surface area contributed by atoms with Crippen molar-refractivity contribution in [2.24, 2.45) is 0 Å². The van der Waals surface area contributed by atoms with Crippen molar-refractivity contribution < 1.29 is 0 Å². The third-order valence-corrected chi connectivity index (χ3v) is 5.61. The Hall–Kier alpha value is -2.78. The highest BCUT2D eigenvalue weighted by Crippen LogP contribution is 2.29. The van der Waals surface area contributed by atoms with Crippen molar-refractivity contribution in [3.05, 3.63) is 59.9 Å². The zero-order chi connectivity index (χ0) is 21.8. The van der Waals surface area contributed by atoms with Crippen LogP contribution < -0.4 is 15.5 Å². The molecule has 0 bridgehead atoms. The van der Waals surface area contributed by atoms with E-state index in [4.69, 9.17) is 17.2 Å². The molecule has 1 aliphatic rings. The molecule has 2 N–H and O–H groups in total. The average molecular weight is 452 g/mol. The minimum atomic E-state index is -0.159. The minimum Gasteiger partial charge on any atom is -0.358 e. The molecule has 0 unspecified atom stereocenters. The lowest BCUT2D eigenvalue weighted by Gasteiger charge is -2.30. The van der Waals surface area contributed by atoms with Gasteiger partial charge in [0, 0.05) is 37.1 Å². The van der Waals surface area contributed by atoms with Gasteiger partial charge in [-0.3, -0.25) is 0 Å². The summed E-state index contributed by atoms with van der Waals surface area (Å²) in [7, 11) is 0. The van der Waals surface area contributed by atoms with Crippen LogP contribution in [-0.2, 0) is 13.0 Å². The van der Waals surface area contributed by atoms with Gasteiger partial charge < -0.3 is 15.5 Å². The summed E-state index contributed by atoms with van der Waals surface area (Å²) in [6.45, 7) is 7.86. The zero-order valence-electron chi connectivity index (χ0n) is 17.8. The smallest absolute Gasteiger partial charge is 0.232 e. The first-order valence-corrected chi connectivity index (χ1v) is 11.3. The lowest BCUT2D eigenvalue weighted by molar-refractivity contribution is 0.514. The SMILES string of the molecule is CC(C)(C)NC(=S)Nc1nc(Sc2ncccn2)cc(N2CCc3ccccc3C2)n1. The molecule has 3 heterocycles. The summed E-state index contributed by atoms with van der Waals surface area (Å²) in [6.07, 6.45) is 4.43. The molecule has 160 valence electrons. The number of aromatic nitrogens is 4. The first-order valence-electron chi connectivity index (χ1n) is 10.1. The normalized spacial score (nSPS) is 13.5. The zero-order valence-corrected chi connectivity index (χ0v) is 19.4. The second-order valence-electron chi connectivity index (χ2n) is 8.29. The van der Waals surface area contributed by atoms with Crippen molar-refractivity contribution >= 4 is 40.9 Å². The Kier molecular flexibility index (Phi) is 6.33. The van der Waals surface area contributed by atoms with Gasteiger partial charge in [0.25, 0.3) is 0 Å². The number of hydrogen-bond acceptors (Lipinski definition) is 7. The molecule has 1 aliphatic heterocycles. The number of benzene rings is 1. The molecular formula is C22H25N7S2. The summed E-state index contributed by atoms with van der Waals surface area (Å²) < 4.78 is 0. The average Bonchev–Trinajstić information content (AvgIpc) is 2.72. The van der Waals surface area contributed by atoms with Crippen LogP contribution in [-0.4, -0.2) is 37.1 Å². The molecule has 0 radical (unpaired) electrons. The topological polar surface area (TPSA) is 78.9 Å². The summed E-state index contributed by atoms with van der Waals surface area (Å²) >= 11 is 6.86. The first kappa shape index (κ1) is 21.5. The van der Waals surface area contributed by atoms with Crippen LogP contribution in [0.1, 0.15) is 31.9 Å². The van der Waals surface area contributed by atoms with Gasteiger partial charge >= 0.3 is 0 Å². The Labute approximate surface area is 192 Å². The molecule has 1 aromatic carbocycles. The van der Waals surface area contributed by atoms with E-state index in [9.17, 15) is 0 Å². The highest BCUT2D eigenvalue weighted by atomic mass is 32.2. The number of anilines is 2. The minimum absolute atomic E-state index is 0.159. The van der Waals surface area contributed by atoms with Crippen LogP contribution in [0.2, 0.25) is 0 Å². The molecule has 0 fully saturated rings. The van der Waals surface area contributed by atoms with Crippen LogP contribution in [0.5, 0.6) is 0 Å². The second-order valence-corrected chi connectivity index (χ2v) is 9.69. The Bertz CT molecular complexity index is 1070. The molecule has 4 rings (SSSR count). The van der Waals surface area contributed by atoms with Gasteiger partial charge in [-0.25, -0.2) is 15.0 Å². The van der Waals surface area contributed by atoms with Gasteiger partial charge in [0.2, 0.25) is 5.95 Å². The predicted octanol–water partition coefficient (Wildman–Crippen LogP) is 4.07. The number of fused-ring (bicyclic) bond motifs is 1. The van der Waals surface area contributed by atoms with Gasteiger partial charge in [-0.15, -0.1) is 0 Å².